The largest absolute Gasteiger partial charge is 0.460 e. The second-order valence-corrected chi connectivity index (χ2v) is 8.47. The van der Waals surface area contributed by atoms with Crippen molar-refractivity contribution in [1.29, 1.82) is 0 Å². The van der Waals surface area contributed by atoms with Gasteiger partial charge in [0, 0.05) is 6.04 Å². The monoisotopic (exact) mass is 379 g/mol. The van der Waals surface area contributed by atoms with Gasteiger partial charge in [0.2, 0.25) is 5.60 Å². The highest BCUT2D eigenvalue weighted by molar-refractivity contribution is 7.12. The van der Waals surface area contributed by atoms with Crippen molar-refractivity contribution < 1.29 is 14.6 Å². The van der Waals surface area contributed by atoms with Crippen LogP contribution in [-0.2, 0) is 15.1 Å². The van der Waals surface area contributed by atoms with E-state index >= 15 is 0 Å². The third-order valence-electron chi connectivity index (χ3n) is 5.09. The van der Waals surface area contributed by atoms with Gasteiger partial charge in [-0.1, -0.05) is 19.1 Å². The molecule has 0 saturated heterocycles. The highest BCUT2D eigenvalue weighted by Gasteiger charge is 2.45. The van der Waals surface area contributed by atoms with Crippen molar-refractivity contribution in [1.82, 2.24) is 4.90 Å². The Labute approximate surface area is 157 Å². The van der Waals surface area contributed by atoms with Crippen LogP contribution >= 0.6 is 22.7 Å². The van der Waals surface area contributed by atoms with Gasteiger partial charge in [-0.2, -0.15) is 0 Å². The molecule has 1 aliphatic rings. The lowest BCUT2D eigenvalue weighted by molar-refractivity contribution is -0.169. The predicted octanol–water partition coefficient (Wildman–Crippen LogP) is 3.85. The first-order chi connectivity index (χ1) is 12.1. The van der Waals surface area contributed by atoms with Gasteiger partial charge in [0.05, 0.1) is 9.75 Å². The minimum Gasteiger partial charge on any atom is -0.460 e. The van der Waals surface area contributed by atoms with E-state index in [0.717, 1.165) is 32.2 Å². The fourth-order valence-electron chi connectivity index (χ4n) is 3.39. The molecule has 0 aromatic carbocycles. The van der Waals surface area contributed by atoms with Crippen molar-refractivity contribution in [2.45, 2.75) is 50.4 Å². The molecule has 2 aromatic heterocycles. The highest BCUT2D eigenvalue weighted by atomic mass is 32.1. The van der Waals surface area contributed by atoms with E-state index < -0.39 is 11.6 Å². The first-order valence-electron chi connectivity index (χ1n) is 8.77. The van der Waals surface area contributed by atoms with Crippen molar-refractivity contribution in [3.8, 4) is 0 Å². The maximum absolute atomic E-state index is 12.9. The van der Waals surface area contributed by atoms with Crippen LogP contribution in [0.2, 0.25) is 0 Å². The number of rotatable bonds is 6. The van der Waals surface area contributed by atoms with Crippen molar-refractivity contribution in [2.75, 3.05) is 13.6 Å². The molecule has 0 unspecified atom stereocenters. The summed E-state index contributed by atoms with van der Waals surface area (Å²) >= 11 is 2.75. The third-order valence-corrected chi connectivity index (χ3v) is 7.05. The Bertz CT molecular complexity index is 627. The van der Waals surface area contributed by atoms with Crippen LogP contribution in [0, 0.1) is 0 Å². The number of ether oxygens (including phenoxy) is 1. The first kappa shape index (κ1) is 18.6. The van der Waals surface area contributed by atoms with E-state index in [2.05, 4.69) is 18.9 Å². The summed E-state index contributed by atoms with van der Waals surface area (Å²) in [6.45, 7) is 3.19. The molecular weight excluding hydrogens is 354 g/mol. The van der Waals surface area contributed by atoms with Gasteiger partial charge < -0.3 is 14.7 Å². The zero-order valence-corrected chi connectivity index (χ0v) is 16.3. The van der Waals surface area contributed by atoms with E-state index in [0.29, 0.717) is 15.8 Å². The van der Waals surface area contributed by atoms with Gasteiger partial charge in [-0.25, -0.2) is 4.79 Å². The molecule has 6 heteroatoms. The van der Waals surface area contributed by atoms with Crippen LogP contribution < -0.4 is 0 Å². The fraction of sp³-hybridized carbons (Fsp3) is 0.526. The summed E-state index contributed by atoms with van der Waals surface area (Å²) in [7, 11) is 2.14. The molecule has 2 aromatic rings. The summed E-state index contributed by atoms with van der Waals surface area (Å²) in [6.07, 6.45) is 3.65. The van der Waals surface area contributed by atoms with E-state index in [9.17, 15) is 9.90 Å². The van der Waals surface area contributed by atoms with Crippen LogP contribution in [0.15, 0.2) is 35.0 Å². The molecule has 1 fully saturated rings. The van der Waals surface area contributed by atoms with Crippen LogP contribution in [0.5, 0.6) is 0 Å². The summed E-state index contributed by atoms with van der Waals surface area (Å²) in [5.41, 5.74) is -1.70. The molecule has 0 bridgehead atoms. The van der Waals surface area contributed by atoms with Crippen LogP contribution in [0.1, 0.15) is 42.4 Å². The van der Waals surface area contributed by atoms with Crippen molar-refractivity contribution in [3.63, 3.8) is 0 Å². The maximum atomic E-state index is 12.9. The maximum Gasteiger partial charge on any atom is 0.349 e. The third kappa shape index (κ3) is 3.82. The Hall–Kier alpha value is -1.21. The zero-order valence-electron chi connectivity index (χ0n) is 14.7. The Kier molecular flexibility index (Phi) is 5.94. The van der Waals surface area contributed by atoms with Gasteiger partial charge in [-0.15, -0.1) is 22.7 Å². The number of aliphatic hydroxyl groups is 1. The molecule has 1 aliphatic carbocycles. The quantitative estimate of drug-likeness (QED) is 0.775. The Morgan fingerprint density at radius 1 is 1.20 bits per heavy atom. The van der Waals surface area contributed by atoms with Gasteiger partial charge in [0.25, 0.3) is 0 Å². The summed E-state index contributed by atoms with van der Waals surface area (Å²) in [5, 5.41) is 15.0. The number of thiophene rings is 2. The molecule has 0 spiro atoms. The smallest absolute Gasteiger partial charge is 0.349 e. The number of carbonyl (C=O) groups is 1. The average molecular weight is 380 g/mol. The van der Waals surface area contributed by atoms with Gasteiger partial charge >= 0.3 is 5.97 Å². The van der Waals surface area contributed by atoms with Crippen LogP contribution in [-0.4, -0.2) is 41.7 Å². The highest BCUT2D eigenvalue weighted by Crippen LogP contribution is 2.38. The van der Waals surface area contributed by atoms with E-state index in [1.54, 1.807) is 12.1 Å². The molecule has 1 saturated carbocycles. The minimum absolute atomic E-state index is 0.111. The Morgan fingerprint density at radius 2 is 1.76 bits per heavy atom. The van der Waals surface area contributed by atoms with Crippen molar-refractivity contribution >= 4 is 28.6 Å². The van der Waals surface area contributed by atoms with E-state index in [1.807, 2.05) is 22.9 Å². The lowest BCUT2D eigenvalue weighted by atomic mass is 9.91. The van der Waals surface area contributed by atoms with Gasteiger partial charge in [-0.05, 0) is 62.2 Å². The summed E-state index contributed by atoms with van der Waals surface area (Å²) in [4.78, 5) is 16.5. The SMILES string of the molecule is CCN(C)[C@H]1CC[C@H](OC(=O)C(O)(c2cccs2)c2cccs2)CC1. The van der Waals surface area contributed by atoms with Gasteiger partial charge in [-0.3, -0.25) is 0 Å². The molecule has 0 atom stereocenters. The van der Waals surface area contributed by atoms with E-state index in [1.165, 1.54) is 22.7 Å². The Balaban J connectivity index is 1.71. The molecular formula is C19H25NO3S2. The average Bonchev–Trinajstić information content (AvgIpc) is 3.34. The standard InChI is InChI=1S/C19H25NO3S2/c1-3-20(2)14-8-10-15(11-9-14)23-18(21)19(22,16-6-4-12-24-16)17-7-5-13-25-17/h4-7,12-15,22H,3,8-11H2,1-2H3/t14-,15-. The molecule has 4 nitrogen and oxygen atoms in total. The Morgan fingerprint density at radius 3 is 2.20 bits per heavy atom. The lowest BCUT2D eigenvalue weighted by Crippen LogP contribution is -2.42. The molecule has 136 valence electrons. The zero-order chi connectivity index (χ0) is 17.9. The van der Waals surface area contributed by atoms with E-state index in [4.69, 9.17) is 4.74 Å². The predicted molar refractivity (Wildman–Crippen MR) is 102 cm³/mol. The molecule has 3 rings (SSSR count). The fourth-order valence-corrected chi connectivity index (χ4v) is 5.10. The topological polar surface area (TPSA) is 49.8 Å². The molecule has 2 heterocycles. The number of hydrogen-bond donors (Lipinski definition) is 1. The van der Waals surface area contributed by atoms with Crippen LogP contribution in [0.3, 0.4) is 0 Å². The van der Waals surface area contributed by atoms with E-state index in [-0.39, 0.29) is 6.10 Å². The van der Waals surface area contributed by atoms with Crippen LogP contribution in [0.4, 0.5) is 0 Å². The lowest BCUT2D eigenvalue weighted by Gasteiger charge is -2.35. The van der Waals surface area contributed by atoms with Gasteiger partial charge in [0.1, 0.15) is 6.10 Å². The number of carbonyl (C=O) groups excluding carboxylic acids is 1. The molecule has 0 aliphatic heterocycles. The number of hydrogen-bond acceptors (Lipinski definition) is 6. The van der Waals surface area contributed by atoms with Crippen molar-refractivity contribution in [3.05, 3.63) is 44.8 Å². The van der Waals surface area contributed by atoms with Crippen molar-refractivity contribution in [2.24, 2.45) is 0 Å². The molecule has 25 heavy (non-hydrogen) atoms. The minimum atomic E-state index is -1.70. The van der Waals surface area contributed by atoms with Gasteiger partial charge in [0.15, 0.2) is 0 Å². The summed E-state index contributed by atoms with van der Waals surface area (Å²) in [5.74, 6) is -0.551. The second kappa shape index (κ2) is 7.99. The normalized spacial score (nSPS) is 21.4. The molecule has 1 N–H and O–H groups in total. The number of nitrogens with zero attached hydrogens (tertiary/aromatic N) is 1. The summed E-state index contributed by atoms with van der Waals surface area (Å²) < 4.78 is 5.77. The van der Waals surface area contributed by atoms with Crippen LogP contribution in [0.25, 0.3) is 0 Å². The number of esters is 1. The molecule has 0 amide bonds. The summed E-state index contributed by atoms with van der Waals surface area (Å²) in [6, 6.07) is 7.83. The second-order valence-electron chi connectivity index (χ2n) is 6.57. The first-order valence-corrected chi connectivity index (χ1v) is 10.5. The molecule has 0 radical (unpaired) electrons.